The van der Waals surface area contributed by atoms with Crippen LogP contribution >= 0.6 is 11.8 Å². The second kappa shape index (κ2) is 7.49. The van der Waals surface area contributed by atoms with E-state index in [1.54, 1.807) is 11.8 Å². The van der Waals surface area contributed by atoms with E-state index in [0.717, 1.165) is 5.56 Å². The van der Waals surface area contributed by atoms with Crippen LogP contribution < -0.4 is 5.32 Å². The predicted molar refractivity (Wildman–Crippen MR) is 91.9 cm³/mol. The zero-order chi connectivity index (χ0) is 16.2. The van der Waals surface area contributed by atoms with E-state index < -0.39 is 5.60 Å². The lowest BCUT2D eigenvalue weighted by molar-refractivity contribution is -0.129. The summed E-state index contributed by atoms with van der Waals surface area (Å²) >= 11 is 1.63. The molecule has 0 bridgehead atoms. The standard InChI is InChI=1S/C17H26N2O2S/c1-13-15(18-11-17(2,21)12-22-3)9-16(20)19(13)10-14-7-5-4-6-8-14/h4-8,13,15,18,21H,9-12H2,1-3H3. The van der Waals surface area contributed by atoms with Gasteiger partial charge in [-0.25, -0.2) is 0 Å². The van der Waals surface area contributed by atoms with Crippen LogP contribution in [0.5, 0.6) is 0 Å². The molecule has 0 aromatic heterocycles. The number of nitrogens with one attached hydrogen (secondary N) is 1. The number of amides is 1. The van der Waals surface area contributed by atoms with Crippen LogP contribution in [-0.4, -0.2) is 52.2 Å². The fraction of sp³-hybridized carbons (Fsp3) is 0.588. The first kappa shape index (κ1) is 17.3. The number of nitrogens with zero attached hydrogens (tertiary/aromatic N) is 1. The van der Waals surface area contributed by atoms with E-state index in [4.69, 9.17) is 0 Å². The lowest BCUT2D eigenvalue weighted by Gasteiger charge is -2.28. The monoisotopic (exact) mass is 322 g/mol. The predicted octanol–water partition coefficient (Wildman–Crippen LogP) is 1.88. The van der Waals surface area contributed by atoms with Crippen LogP contribution in [0.25, 0.3) is 0 Å². The third-order valence-corrected chi connectivity index (χ3v) is 5.10. The third kappa shape index (κ3) is 4.48. The maximum absolute atomic E-state index is 12.3. The summed E-state index contributed by atoms with van der Waals surface area (Å²) in [5, 5.41) is 13.6. The van der Waals surface area contributed by atoms with Crippen molar-refractivity contribution in [3.8, 4) is 0 Å². The summed E-state index contributed by atoms with van der Waals surface area (Å²) in [6.07, 6.45) is 2.49. The first-order valence-corrected chi connectivity index (χ1v) is 9.10. The quantitative estimate of drug-likeness (QED) is 0.805. The van der Waals surface area contributed by atoms with E-state index in [1.807, 2.05) is 48.4 Å². The van der Waals surface area contributed by atoms with Gasteiger partial charge in [0.1, 0.15) is 0 Å². The zero-order valence-corrected chi connectivity index (χ0v) is 14.4. The van der Waals surface area contributed by atoms with E-state index in [1.165, 1.54) is 0 Å². The number of hydrogen-bond acceptors (Lipinski definition) is 4. The SMILES string of the molecule is CSCC(C)(O)CNC1CC(=O)N(Cc2ccccc2)C1C. The normalized spacial score (nSPS) is 24.5. The molecule has 22 heavy (non-hydrogen) atoms. The van der Waals surface area contributed by atoms with E-state index in [2.05, 4.69) is 12.2 Å². The van der Waals surface area contributed by atoms with Gasteiger partial charge in [0.25, 0.3) is 0 Å². The number of carbonyl (C=O) groups excluding carboxylic acids is 1. The molecule has 3 atom stereocenters. The van der Waals surface area contributed by atoms with Gasteiger partial charge in [-0.2, -0.15) is 11.8 Å². The first-order chi connectivity index (χ1) is 10.4. The van der Waals surface area contributed by atoms with E-state index in [9.17, 15) is 9.90 Å². The van der Waals surface area contributed by atoms with Gasteiger partial charge >= 0.3 is 0 Å². The summed E-state index contributed by atoms with van der Waals surface area (Å²) in [7, 11) is 0. The summed E-state index contributed by atoms with van der Waals surface area (Å²) in [5.41, 5.74) is 0.410. The molecule has 1 saturated heterocycles. The number of aliphatic hydroxyl groups is 1. The Bertz CT molecular complexity index is 493. The van der Waals surface area contributed by atoms with Gasteiger partial charge in [0.05, 0.1) is 5.60 Å². The Morgan fingerprint density at radius 2 is 2.09 bits per heavy atom. The molecule has 0 spiro atoms. The Morgan fingerprint density at radius 1 is 1.41 bits per heavy atom. The lowest BCUT2D eigenvalue weighted by Crippen LogP contribution is -2.48. The molecule has 1 heterocycles. The maximum atomic E-state index is 12.3. The fourth-order valence-electron chi connectivity index (χ4n) is 2.89. The Morgan fingerprint density at radius 3 is 2.73 bits per heavy atom. The van der Waals surface area contributed by atoms with Crippen LogP contribution in [0.1, 0.15) is 25.8 Å². The maximum Gasteiger partial charge on any atom is 0.224 e. The van der Waals surface area contributed by atoms with Crippen molar-refractivity contribution < 1.29 is 9.90 Å². The van der Waals surface area contributed by atoms with Crippen molar-refractivity contribution in [2.45, 2.75) is 44.5 Å². The summed E-state index contributed by atoms with van der Waals surface area (Å²) in [4.78, 5) is 14.2. The van der Waals surface area contributed by atoms with Gasteiger partial charge in [0.2, 0.25) is 5.91 Å². The van der Waals surface area contributed by atoms with Crippen molar-refractivity contribution in [2.24, 2.45) is 0 Å². The van der Waals surface area contributed by atoms with E-state index >= 15 is 0 Å². The van der Waals surface area contributed by atoms with Crippen molar-refractivity contribution in [2.75, 3.05) is 18.6 Å². The molecule has 5 heteroatoms. The highest BCUT2D eigenvalue weighted by molar-refractivity contribution is 7.98. The third-order valence-electron chi connectivity index (χ3n) is 4.18. The molecule has 2 N–H and O–H groups in total. The van der Waals surface area contributed by atoms with Crippen molar-refractivity contribution in [3.05, 3.63) is 35.9 Å². The first-order valence-electron chi connectivity index (χ1n) is 7.71. The number of thioether (sulfide) groups is 1. The van der Waals surface area contributed by atoms with Crippen LogP contribution in [0, 0.1) is 0 Å². The number of likely N-dealkylation sites (tertiary alicyclic amines) is 1. The Balaban J connectivity index is 1.92. The second-order valence-corrected chi connectivity index (χ2v) is 7.24. The molecule has 2 rings (SSSR count). The number of carbonyl (C=O) groups is 1. The summed E-state index contributed by atoms with van der Waals surface area (Å²) < 4.78 is 0. The van der Waals surface area contributed by atoms with Gasteiger partial charge in [-0.15, -0.1) is 0 Å². The Labute approximate surface area is 137 Å². The average Bonchev–Trinajstić information content (AvgIpc) is 2.74. The topological polar surface area (TPSA) is 52.6 Å². The highest BCUT2D eigenvalue weighted by Crippen LogP contribution is 2.22. The van der Waals surface area contributed by atoms with Gasteiger partial charge in [-0.3, -0.25) is 4.79 Å². The van der Waals surface area contributed by atoms with Crippen LogP contribution in [0.3, 0.4) is 0 Å². The second-order valence-electron chi connectivity index (χ2n) is 6.37. The van der Waals surface area contributed by atoms with Crippen LogP contribution in [-0.2, 0) is 11.3 Å². The molecule has 3 unspecified atom stereocenters. The van der Waals surface area contributed by atoms with Crippen LogP contribution in [0.4, 0.5) is 0 Å². The Hall–Kier alpha value is -1.04. The van der Waals surface area contributed by atoms with Crippen molar-refractivity contribution in [1.29, 1.82) is 0 Å². The number of rotatable bonds is 7. The zero-order valence-electron chi connectivity index (χ0n) is 13.6. The lowest BCUT2D eigenvalue weighted by atomic mass is 10.1. The summed E-state index contributed by atoms with van der Waals surface area (Å²) in [6.45, 7) is 5.07. The summed E-state index contributed by atoms with van der Waals surface area (Å²) in [5.74, 6) is 0.862. The molecule has 0 aliphatic carbocycles. The van der Waals surface area contributed by atoms with Gasteiger partial charge in [-0.05, 0) is 25.7 Å². The minimum absolute atomic E-state index is 0.101. The molecule has 1 aliphatic heterocycles. The molecule has 122 valence electrons. The Kier molecular flexibility index (Phi) is 5.89. The van der Waals surface area contributed by atoms with Crippen LogP contribution in [0.15, 0.2) is 30.3 Å². The smallest absolute Gasteiger partial charge is 0.224 e. The molecule has 1 aliphatic rings. The molecule has 1 aromatic rings. The minimum atomic E-state index is -0.741. The van der Waals surface area contributed by atoms with Crippen molar-refractivity contribution in [1.82, 2.24) is 10.2 Å². The van der Waals surface area contributed by atoms with Crippen LogP contribution in [0.2, 0.25) is 0 Å². The van der Waals surface area contributed by atoms with E-state index in [0.29, 0.717) is 25.3 Å². The van der Waals surface area contributed by atoms with E-state index in [-0.39, 0.29) is 18.0 Å². The fourth-order valence-corrected chi connectivity index (χ4v) is 3.61. The molecule has 1 amide bonds. The minimum Gasteiger partial charge on any atom is -0.388 e. The molecule has 0 radical (unpaired) electrons. The molecule has 0 saturated carbocycles. The largest absolute Gasteiger partial charge is 0.388 e. The van der Waals surface area contributed by atoms with Gasteiger partial charge in [0, 0.05) is 37.3 Å². The molecule has 4 nitrogen and oxygen atoms in total. The number of benzene rings is 1. The average molecular weight is 322 g/mol. The summed E-state index contributed by atoms with van der Waals surface area (Å²) in [6, 6.07) is 10.3. The number of hydrogen-bond donors (Lipinski definition) is 2. The molecule has 1 aromatic carbocycles. The molecule has 1 fully saturated rings. The van der Waals surface area contributed by atoms with Gasteiger partial charge < -0.3 is 15.3 Å². The van der Waals surface area contributed by atoms with Crippen molar-refractivity contribution >= 4 is 17.7 Å². The highest BCUT2D eigenvalue weighted by atomic mass is 32.2. The van der Waals surface area contributed by atoms with Gasteiger partial charge in [0.15, 0.2) is 0 Å². The molecular weight excluding hydrogens is 296 g/mol. The highest BCUT2D eigenvalue weighted by Gasteiger charge is 2.37. The van der Waals surface area contributed by atoms with Gasteiger partial charge in [-0.1, -0.05) is 30.3 Å². The van der Waals surface area contributed by atoms with Crippen molar-refractivity contribution in [3.63, 3.8) is 0 Å². The molecular formula is C17H26N2O2S.